The lowest BCUT2D eigenvalue weighted by Gasteiger charge is -2.37. The number of piperidine rings is 1. The first-order valence-electron chi connectivity index (χ1n) is 10.6. The number of hydrogen-bond donors (Lipinski definition) is 4. The Kier molecular flexibility index (Phi) is 6.02. The van der Waals surface area contributed by atoms with Gasteiger partial charge in [0, 0.05) is 25.2 Å². The van der Waals surface area contributed by atoms with E-state index in [9.17, 15) is 13.9 Å². The van der Waals surface area contributed by atoms with E-state index >= 15 is 0 Å². The summed E-state index contributed by atoms with van der Waals surface area (Å²) in [5.41, 5.74) is 7.00. The lowest BCUT2D eigenvalue weighted by atomic mass is 9.85. The Morgan fingerprint density at radius 1 is 1.31 bits per heavy atom. The van der Waals surface area contributed by atoms with Crippen molar-refractivity contribution >= 4 is 28.4 Å². The van der Waals surface area contributed by atoms with E-state index in [0.29, 0.717) is 36.7 Å². The van der Waals surface area contributed by atoms with Crippen LogP contribution in [0.25, 0.3) is 0 Å². The maximum Gasteiger partial charge on any atom is 0.234 e. The predicted molar refractivity (Wildman–Crippen MR) is 126 cm³/mol. The zero-order valence-corrected chi connectivity index (χ0v) is 19.0. The van der Waals surface area contributed by atoms with Crippen molar-refractivity contribution in [1.82, 2.24) is 9.88 Å². The molecule has 1 aromatic carbocycles. The number of nitrogens with one attached hydrogen (secondary N) is 1. The number of nitrogens with zero attached hydrogens (tertiary/aromatic N) is 3. The van der Waals surface area contributed by atoms with E-state index in [4.69, 9.17) is 10.5 Å². The molecule has 2 aliphatic heterocycles. The number of likely N-dealkylation sites (tertiary alicyclic amines) is 1. The summed E-state index contributed by atoms with van der Waals surface area (Å²) in [4.78, 5) is 19.6. The molecular weight excluding hydrogens is 430 g/mol. The van der Waals surface area contributed by atoms with Crippen molar-refractivity contribution < 1.29 is 18.6 Å². The first-order chi connectivity index (χ1) is 15.2. The summed E-state index contributed by atoms with van der Waals surface area (Å²) in [6.07, 6.45) is 3.56. The highest BCUT2D eigenvalue weighted by Gasteiger charge is 2.37. The van der Waals surface area contributed by atoms with Gasteiger partial charge in [0.2, 0.25) is 5.91 Å². The topological polar surface area (TPSA) is 133 Å². The molecule has 1 aromatic heterocycles. The molecule has 9 nitrogen and oxygen atoms in total. The molecular formula is C22H29N5O4S. The van der Waals surface area contributed by atoms with Crippen LogP contribution in [0.2, 0.25) is 0 Å². The Bertz CT molecular complexity index is 1030. The van der Waals surface area contributed by atoms with Crippen LogP contribution in [-0.2, 0) is 10.2 Å². The Morgan fingerprint density at radius 2 is 2.12 bits per heavy atom. The first-order valence-corrected chi connectivity index (χ1v) is 12.1. The van der Waals surface area contributed by atoms with Crippen molar-refractivity contribution in [3.05, 3.63) is 53.9 Å². The summed E-state index contributed by atoms with van der Waals surface area (Å²) in [7, 11) is -3.34. The van der Waals surface area contributed by atoms with Gasteiger partial charge in [-0.1, -0.05) is 12.1 Å². The number of carbonyl (C=O) groups is 1. The molecule has 3 heterocycles. The number of ether oxygens (including phenoxy) is 1. The number of aromatic nitrogens is 1. The molecule has 172 valence electrons. The van der Waals surface area contributed by atoms with Crippen LogP contribution in [0.4, 0.5) is 5.69 Å². The lowest BCUT2D eigenvalue weighted by molar-refractivity contribution is -0.138. The number of hydrogen-bond acceptors (Lipinski definition) is 8. The van der Waals surface area contributed by atoms with Crippen LogP contribution in [0, 0.1) is 5.92 Å². The number of fused-ring (bicyclic) bond motifs is 1. The van der Waals surface area contributed by atoms with Crippen molar-refractivity contribution in [1.29, 1.82) is 0 Å². The van der Waals surface area contributed by atoms with Crippen LogP contribution in [0.1, 0.15) is 37.9 Å². The summed E-state index contributed by atoms with van der Waals surface area (Å²) in [5.74, 6) is 0.761. The lowest BCUT2D eigenvalue weighted by Crippen LogP contribution is -2.49. The molecule has 32 heavy (non-hydrogen) atoms. The second-order valence-corrected chi connectivity index (χ2v) is 10.1. The van der Waals surface area contributed by atoms with Crippen molar-refractivity contribution in [2.75, 3.05) is 24.4 Å². The minimum Gasteiger partial charge on any atom is -0.492 e. The van der Waals surface area contributed by atoms with Crippen LogP contribution in [-0.4, -0.2) is 50.4 Å². The number of amidine groups is 1. The molecule has 10 heteroatoms. The van der Waals surface area contributed by atoms with Crippen molar-refractivity contribution in [2.45, 2.75) is 32.1 Å². The fourth-order valence-electron chi connectivity index (χ4n) is 4.18. The van der Waals surface area contributed by atoms with Crippen LogP contribution >= 0.6 is 11.0 Å². The van der Waals surface area contributed by atoms with Crippen molar-refractivity contribution in [3.8, 4) is 5.75 Å². The second-order valence-electron chi connectivity index (χ2n) is 8.69. The number of pyridine rings is 1. The van der Waals surface area contributed by atoms with Gasteiger partial charge >= 0.3 is 0 Å². The number of benzene rings is 1. The SMILES string of the molecule is CC(C)(C(=O)N1CCCC(COc2cccc3c2C(N)=NS(O)(O)N3)C1)c1ccccn1. The van der Waals surface area contributed by atoms with Gasteiger partial charge in [-0.2, -0.15) is 0 Å². The second kappa shape index (κ2) is 8.61. The highest BCUT2D eigenvalue weighted by Crippen LogP contribution is 2.46. The van der Waals surface area contributed by atoms with E-state index < -0.39 is 16.4 Å². The summed E-state index contributed by atoms with van der Waals surface area (Å²) in [5, 5.41) is 0. The van der Waals surface area contributed by atoms with Crippen molar-refractivity contribution in [2.24, 2.45) is 16.0 Å². The summed E-state index contributed by atoms with van der Waals surface area (Å²) in [6.45, 7) is 5.55. The standard InChI is InChI=1S/C22H29N5O4S/c1-22(2,18-10-3-4-11-24-18)21(28)27-12-6-7-15(13-27)14-31-17-9-5-8-16-19(17)20(23)26-32(29,30)25-16/h3-5,8-11,15,25,29-30H,6-7,12-14H2,1-2H3,(H2,23,26). The number of nitrogens with two attached hydrogens (primary N) is 1. The number of amides is 1. The van der Waals surface area contributed by atoms with Gasteiger partial charge in [0.05, 0.1) is 29.0 Å². The zero-order chi connectivity index (χ0) is 22.9. The molecule has 1 unspecified atom stereocenters. The molecule has 1 atom stereocenters. The van der Waals surface area contributed by atoms with Gasteiger partial charge in [0.25, 0.3) is 0 Å². The van der Waals surface area contributed by atoms with Crippen LogP contribution < -0.4 is 15.2 Å². The average Bonchev–Trinajstić information content (AvgIpc) is 2.76. The molecule has 4 rings (SSSR count). The average molecular weight is 460 g/mol. The van der Waals surface area contributed by atoms with Crippen molar-refractivity contribution in [3.63, 3.8) is 0 Å². The van der Waals surface area contributed by atoms with Gasteiger partial charge in [-0.3, -0.25) is 23.6 Å². The van der Waals surface area contributed by atoms with Gasteiger partial charge in [0.15, 0.2) is 5.84 Å². The van der Waals surface area contributed by atoms with Gasteiger partial charge in [-0.25, -0.2) is 0 Å². The smallest absolute Gasteiger partial charge is 0.234 e. The van der Waals surface area contributed by atoms with Gasteiger partial charge in [-0.15, -0.1) is 4.40 Å². The minimum absolute atomic E-state index is 0.0203. The fraction of sp³-hybridized carbons (Fsp3) is 0.409. The van der Waals surface area contributed by atoms with E-state index in [-0.39, 0.29) is 17.7 Å². The normalized spacial score (nSPS) is 21.1. The van der Waals surface area contributed by atoms with E-state index in [1.165, 1.54) is 0 Å². The monoisotopic (exact) mass is 459 g/mol. The van der Waals surface area contributed by atoms with E-state index in [1.54, 1.807) is 24.4 Å². The molecule has 2 aliphatic rings. The maximum absolute atomic E-state index is 13.3. The maximum atomic E-state index is 13.3. The minimum atomic E-state index is -3.34. The summed E-state index contributed by atoms with van der Waals surface area (Å²) < 4.78 is 32.1. The Morgan fingerprint density at radius 3 is 2.88 bits per heavy atom. The fourth-order valence-corrected chi connectivity index (χ4v) is 5.06. The van der Waals surface area contributed by atoms with Gasteiger partial charge in [0.1, 0.15) is 5.75 Å². The highest BCUT2D eigenvalue weighted by molar-refractivity contribution is 8.24. The molecule has 1 amide bonds. The highest BCUT2D eigenvalue weighted by atomic mass is 32.3. The molecule has 0 spiro atoms. The molecule has 0 bridgehead atoms. The Labute approximate surface area is 189 Å². The third-order valence-corrected chi connectivity index (χ3v) is 6.82. The zero-order valence-electron chi connectivity index (χ0n) is 18.2. The number of carbonyl (C=O) groups excluding carboxylic acids is 1. The Hall–Kier alpha value is -2.82. The number of rotatable bonds is 5. The third-order valence-electron chi connectivity index (χ3n) is 5.88. The third kappa shape index (κ3) is 4.52. The van der Waals surface area contributed by atoms with E-state index in [0.717, 1.165) is 18.5 Å². The molecule has 2 aromatic rings. The van der Waals surface area contributed by atoms with Crippen LogP contribution in [0.3, 0.4) is 0 Å². The summed E-state index contributed by atoms with van der Waals surface area (Å²) in [6, 6.07) is 10.8. The Balaban J connectivity index is 1.43. The molecule has 0 saturated carbocycles. The summed E-state index contributed by atoms with van der Waals surface area (Å²) >= 11 is 0. The largest absolute Gasteiger partial charge is 0.492 e. The first kappa shape index (κ1) is 22.4. The molecule has 1 saturated heterocycles. The predicted octanol–water partition coefficient (Wildman–Crippen LogP) is 3.39. The molecule has 5 N–H and O–H groups in total. The quantitative estimate of drug-likeness (QED) is 0.538. The molecule has 0 radical (unpaired) electrons. The molecule has 0 aliphatic carbocycles. The number of anilines is 1. The molecule has 1 fully saturated rings. The van der Waals surface area contributed by atoms with E-state index in [1.807, 2.05) is 36.9 Å². The van der Waals surface area contributed by atoms with E-state index in [2.05, 4.69) is 14.1 Å². The van der Waals surface area contributed by atoms with Gasteiger partial charge in [-0.05, 0) is 61.9 Å². The van der Waals surface area contributed by atoms with Gasteiger partial charge < -0.3 is 15.4 Å². The van der Waals surface area contributed by atoms with Crippen LogP contribution in [0.5, 0.6) is 5.75 Å². The van der Waals surface area contributed by atoms with Crippen LogP contribution in [0.15, 0.2) is 47.0 Å².